The van der Waals surface area contributed by atoms with E-state index in [4.69, 9.17) is 4.99 Å². The van der Waals surface area contributed by atoms with E-state index in [0.29, 0.717) is 23.2 Å². The topological polar surface area (TPSA) is 45.2 Å². The van der Waals surface area contributed by atoms with Crippen molar-refractivity contribution in [2.24, 2.45) is 10.4 Å². The quantitative estimate of drug-likeness (QED) is 0.642. The molecule has 0 saturated carbocycles. The fourth-order valence-electron chi connectivity index (χ4n) is 3.45. The lowest BCUT2D eigenvalue weighted by molar-refractivity contribution is -0.0888. The number of aromatic nitrogens is 1. The van der Waals surface area contributed by atoms with Crippen molar-refractivity contribution in [2.75, 3.05) is 0 Å². The monoisotopic (exact) mass is 388 g/mol. The molecule has 6 heteroatoms. The summed E-state index contributed by atoms with van der Waals surface area (Å²) < 4.78 is 39.1. The fourth-order valence-corrected chi connectivity index (χ4v) is 3.45. The molecule has 0 aliphatic carbocycles. The molecule has 3 nitrogen and oxygen atoms in total. The number of alkyl halides is 3. The van der Waals surface area contributed by atoms with Crippen LogP contribution in [0.15, 0.2) is 41.0 Å². The van der Waals surface area contributed by atoms with Gasteiger partial charge in [0.05, 0.1) is 17.1 Å². The summed E-state index contributed by atoms with van der Waals surface area (Å²) in [4.78, 5) is 19.4. The number of nitrogens with one attached hydrogen (secondary N) is 1. The SMILES string of the molecule is CC1=N/C(=C(/c2ccccc2)c2[nH]c(C(=O)C(F)(F)F)c(C)c2C)CC1(C)C. The summed E-state index contributed by atoms with van der Waals surface area (Å²) in [7, 11) is 0. The number of carbonyl (C=O) groups excluding carboxylic acids is 1. The highest BCUT2D eigenvalue weighted by Crippen LogP contribution is 2.42. The van der Waals surface area contributed by atoms with Crippen molar-refractivity contribution in [3.05, 3.63) is 64.1 Å². The fraction of sp³-hybridized carbons (Fsp3) is 0.364. The highest BCUT2D eigenvalue weighted by atomic mass is 19.4. The molecule has 1 aromatic heterocycles. The summed E-state index contributed by atoms with van der Waals surface area (Å²) in [5, 5.41) is 0. The van der Waals surface area contributed by atoms with Gasteiger partial charge >= 0.3 is 6.18 Å². The number of allylic oxidation sites excluding steroid dienone is 1. The van der Waals surface area contributed by atoms with E-state index in [-0.39, 0.29) is 5.41 Å². The van der Waals surface area contributed by atoms with Gasteiger partial charge in [0.15, 0.2) is 0 Å². The van der Waals surface area contributed by atoms with Gasteiger partial charge in [0.2, 0.25) is 0 Å². The van der Waals surface area contributed by atoms with Gasteiger partial charge in [-0.25, -0.2) is 0 Å². The van der Waals surface area contributed by atoms with Crippen LogP contribution in [0.25, 0.3) is 5.57 Å². The van der Waals surface area contributed by atoms with Gasteiger partial charge in [-0.05, 0) is 37.5 Å². The van der Waals surface area contributed by atoms with Crippen LogP contribution in [-0.4, -0.2) is 22.7 Å². The zero-order chi connectivity index (χ0) is 20.9. The van der Waals surface area contributed by atoms with E-state index in [1.54, 1.807) is 6.92 Å². The van der Waals surface area contributed by atoms with Crippen molar-refractivity contribution < 1.29 is 18.0 Å². The van der Waals surface area contributed by atoms with E-state index in [1.165, 1.54) is 6.92 Å². The molecule has 0 saturated heterocycles. The number of rotatable bonds is 3. The number of benzene rings is 1. The Morgan fingerprint density at radius 3 is 2.11 bits per heavy atom. The van der Waals surface area contributed by atoms with Crippen molar-refractivity contribution in [2.45, 2.75) is 47.2 Å². The molecule has 1 aromatic carbocycles. The van der Waals surface area contributed by atoms with Crippen molar-refractivity contribution in [3.8, 4) is 0 Å². The number of aromatic amines is 1. The molecule has 0 radical (unpaired) electrons. The molecule has 1 N–H and O–H groups in total. The van der Waals surface area contributed by atoms with E-state index in [2.05, 4.69) is 18.8 Å². The lowest BCUT2D eigenvalue weighted by atomic mass is 9.84. The van der Waals surface area contributed by atoms with Gasteiger partial charge in [-0.1, -0.05) is 44.2 Å². The minimum Gasteiger partial charge on any atom is -0.351 e. The number of halogens is 3. The number of H-pyrrole nitrogens is 1. The second-order valence-electron chi connectivity index (χ2n) is 7.90. The summed E-state index contributed by atoms with van der Waals surface area (Å²) >= 11 is 0. The lowest BCUT2D eigenvalue weighted by Gasteiger charge is -2.17. The average Bonchev–Trinajstić information content (AvgIpc) is 3.04. The van der Waals surface area contributed by atoms with Crippen molar-refractivity contribution in [1.29, 1.82) is 0 Å². The van der Waals surface area contributed by atoms with Gasteiger partial charge in [0.1, 0.15) is 0 Å². The zero-order valence-corrected chi connectivity index (χ0v) is 16.6. The van der Waals surface area contributed by atoms with E-state index in [1.807, 2.05) is 37.3 Å². The Bertz CT molecular complexity index is 993. The second-order valence-corrected chi connectivity index (χ2v) is 7.90. The smallest absolute Gasteiger partial charge is 0.351 e. The Morgan fingerprint density at radius 1 is 1.04 bits per heavy atom. The molecule has 2 aromatic rings. The largest absolute Gasteiger partial charge is 0.456 e. The average molecular weight is 388 g/mol. The third-order valence-corrected chi connectivity index (χ3v) is 5.54. The summed E-state index contributed by atoms with van der Waals surface area (Å²) in [5.74, 6) is -1.86. The molecule has 0 unspecified atom stereocenters. The highest BCUT2D eigenvalue weighted by molar-refractivity contribution is 6.02. The summed E-state index contributed by atoms with van der Waals surface area (Å²) in [5.41, 5.74) is 4.28. The third-order valence-electron chi connectivity index (χ3n) is 5.54. The molecule has 1 aliphatic rings. The first-order valence-corrected chi connectivity index (χ1v) is 9.09. The number of nitrogens with zero attached hydrogens (tertiary/aromatic N) is 1. The van der Waals surface area contributed by atoms with Crippen LogP contribution in [0.5, 0.6) is 0 Å². The first-order chi connectivity index (χ1) is 12.9. The Balaban J connectivity index is 2.27. The molecule has 28 heavy (non-hydrogen) atoms. The first-order valence-electron chi connectivity index (χ1n) is 9.09. The van der Waals surface area contributed by atoms with Crippen LogP contribution in [0.1, 0.15) is 60.1 Å². The Labute approximate surface area is 162 Å². The van der Waals surface area contributed by atoms with E-state index in [9.17, 15) is 18.0 Å². The molecular formula is C22H23F3N2O. The van der Waals surface area contributed by atoms with Gasteiger partial charge < -0.3 is 4.98 Å². The summed E-state index contributed by atoms with van der Waals surface area (Å²) in [6.45, 7) is 9.41. The van der Waals surface area contributed by atoms with Crippen LogP contribution in [0.3, 0.4) is 0 Å². The lowest BCUT2D eigenvalue weighted by Crippen LogP contribution is -2.23. The standard InChI is InChI=1S/C22H23F3N2O/c1-12-13(2)19(20(28)22(23,24)25)27-18(12)17(15-9-7-6-8-10-15)16-11-21(4,5)14(3)26-16/h6-10,27H,11H2,1-5H3/b17-16-. The van der Waals surface area contributed by atoms with Crippen molar-refractivity contribution in [3.63, 3.8) is 0 Å². The summed E-state index contributed by atoms with van der Waals surface area (Å²) in [6.07, 6.45) is -4.26. The van der Waals surface area contributed by atoms with Crippen LogP contribution in [0, 0.1) is 19.3 Å². The van der Waals surface area contributed by atoms with Gasteiger partial charge in [0, 0.05) is 23.1 Å². The zero-order valence-electron chi connectivity index (χ0n) is 16.6. The molecular weight excluding hydrogens is 365 g/mol. The number of carbonyl (C=O) groups is 1. The third kappa shape index (κ3) is 3.43. The predicted octanol–water partition coefficient (Wildman–Crippen LogP) is 6.03. The van der Waals surface area contributed by atoms with E-state index < -0.39 is 17.7 Å². The van der Waals surface area contributed by atoms with Gasteiger partial charge in [-0.2, -0.15) is 13.2 Å². The first kappa shape index (κ1) is 20.1. The second kappa shape index (κ2) is 6.76. The molecule has 0 spiro atoms. The van der Waals surface area contributed by atoms with Crippen molar-refractivity contribution in [1.82, 2.24) is 4.98 Å². The Morgan fingerprint density at radius 2 is 1.61 bits per heavy atom. The van der Waals surface area contributed by atoms with Gasteiger partial charge in [-0.15, -0.1) is 0 Å². The number of aliphatic imine (C=N–C) groups is 1. The van der Waals surface area contributed by atoms with Crippen LogP contribution in [-0.2, 0) is 0 Å². The maximum absolute atomic E-state index is 13.0. The van der Waals surface area contributed by atoms with E-state index in [0.717, 1.165) is 22.5 Å². The number of hydrogen-bond donors (Lipinski definition) is 1. The number of hydrogen-bond acceptors (Lipinski definition) is 2. The molecule has 0 fully saturated rings. The van der Waals surface area contributed by atoms with Crippen LogP contribution in [0.2, 0.25) is 0 Å². The summed E-state index contributed by atoms with van der Waals surface area (Å²) in [6, 6.07) is 9.43. The predicted molar refractivity (Wildman–Crippen MR) is 105 cm³/mol. The van der Waals surface area contributed by atoms with E-state index >= 15 is 0 Å². The normalized spacial score (nSPS) is 18.2. The molecule has 0 atom stereocenters. The Kier molecular flexibility index (Phi) is 4.86. The van der Waals surface area contributed by atoms with Gasteiger partial charge in [0.25, 0.3) is 5.78 Å². The number of Topliss-reactive ketones (excluding diaryl/α,β-unsaturated/α-hetero) is 1. The maximum Gasteiger partial charge on any atom is 0.456 e. The number of ketones is 1. The van der Waals surface area contributed by atoms with Crippen molar-refractivity contribution >= 4 is 17.1 Å². The van der Waals surface area contributed by atoms with Crippen LogP contribution in [0.4, 0.5) is 13.2 Å². The highest BCUT2D eigenvalue weighted by Gasteiger charge is 2.42. The van der Waals surface area contributed by atoms with Crippen LogP contribution < -0.4 is 0 Å². The molecule has 3 rings (SSSR count). The molecule has 148 valence electrons. The molecule has 0 amide bonds. The molecule has 2 heterocycles. The van der Waals surface area contributed by atoms with Gasteiger partial charge in [-0.3, -0.25) is 9.79 Å². The molecule has 1 aliphatic heterocycles. The maximum atomic E-state index is 13.0. The minimum absolute atomic E-state index is 0.129. The minimum atomic E-state index is -4.93. The van der Waals surface area contributed by atoms with Crippen LogP contribution >= 0.6 is 0 Å². The molecule has 0 bridgehead atoms. The Hall–Kier alpha value is -2.63.